The van der Waals surface area contributed by atoms with Crippen LogP contribution < -0.4 is 10.2 Å². The average Bonchev–Trinajstić information content (AvgIpc) is 2.20. The minimum atomic E-state index is -0.701. The van der Waals surface area contributed by atoms with E-state index in [-0.39, 0.29) is 10.9 Å². The zero-order valence-corrected chi connectivity index (χ0v) is 10.0. The fourth-order valence-electron chi connectivity index (χ4n) is 1.64. The largest absolute Gasteiger partial charge is 0.359 e. The molecular formula is C11H12ClFN2O. The Hall–Kier alpha value is -1.29. The molecule has 1 aliphatic rings. The molecule has 1 aliphatic heterocycles. The van der Waals surface area contributed by atoms with Crippen LogP contribution in [0.4, 0.5) is 15.8 Å². The van der Waals surface area contributed by atoms with Crippen molar-refractivity contribution < 1.29 is 9.18 Å². The fourth-order valence-corrected chi connectivity index (χ4v) is 1.81. The van der Waals surface area contributed by atoms with Crippen molar-refractivity contribution >= 4 is 28.9 Å². The van der Waals surface area contributed by atoms with Crippen LogP contribution >= 0.6 is 11.6 Å². The highest BCUT2D eigenvalue weighted by molar-refractivity contribution is 6.31. The van der Waals surface area contributed by atoms with Gasteiger partial charge in [0.2, 0.25) is 5.91 Å². The molecule has 0 spiro atoms. The van der Waals surface area contributed by atoms with Crippen LogP contribution in [0.3, 0.4) is 0 Å². The molecule has 0 bridgehead atoms. The van der Waals surface area contributed by atoms with E-state index in [0.717, 1.165) is 0 Å². The molecule has 0 radical (unpaired) electrons. The summed E-state index contributed by atoms with van der Waals surface area (Å²) in [7, 11) is 1.75. The van der Waals surface area contributed by atoms with Crippen molar-refractivity contribution in [1.29, 1.82) is 0 Å². The Bertz CT molecular complexity index is 473. The van der Waals surface area contributed by atoms with Gasteiger partial charge in [-0.1, -0.05) is 11.6 Å². The van der Waals surface area contributed by atoms with E-state index in [2.05, 4.69) is 5.32 Å². The number of likely N-dealkylation sites (N-methyl/N-ethyl adjacent to an activating group) is 1. The lowest BCUT2D eigenvalue weighted by atomic mass is 9.97. The summed E-state index contributed by atoms with van der Waals surface area (Å²) in [6.45, 7) is 3.55. The van der Waals surface area contributed by atoms with Gasteiger partial charge in [-0.25, -0.2) is 4.39 Å². The maximum absolute atomic E-state index is 13.4. The summed E-state index contributed by atoms with van der Waals surface area (Å²) in [5, 5.41) is 2.72. The molecule has 86 valence electrons. The normalized spacial score (nSPS) is 18.1. The Morgan fingerprint density at radius 1 is 1.44 bits per heavy atom. The van der Waals surface area contributed by atoms with Crippen molar-refractivity contribution in [2.75, 3.05) is 17.3 Å². The molecule has 1 aromatic carbocycles. The molecule has 3 nitrogen and oxygen atoms in total. The van der Waals surface area contributed by atoms with Gasteiger partial charge in [0.15, 0.2) is 0 Å². The smallest absolute Gasteiger partial charge is 0.249 e. The van der Waals surface area contributed by atoms with Gasteiger partial charge in [0.05, 0.1) is 16.4 Å². The predicted octanol–water partition coefficient (Wildman–Crippen LogP) is 2.65. The SMILES string of the molecule is CN1c2cc(F)c(Cl)cc2NC(=O)C1(C)C. The van der Waals surface area contributed by atoms with E-state index in [1.165, 1.54) is 12.1 Å². The molecule has 0 aliphatic carbocycles. The molecule has 16 heavy (non-hydrogen) atoms. The number of nitrogens with one attached hydrogen (secondary N) is 1. The Labute approximate surface area is 98.2 Å². The highest BCUT2D eigenvalue weighted by Crippen LogP contribution is 2.38. The first-order valence-corrected chi connectivity index (χ1v) is 5.26. The second kappa shape index (κ2) is 3.35. The number of benzene rings is 1. The third-order valence-electron chi connectivity index (χ3n) is 3.04. The average molecular weight is 243 g/mol. The van der Waals surface area contributed by atoms with E-state index >= 15 is 0 Å². The number of hydrogen-bond donors (Lipinski definition) is 1. The third-order valence-corrected chi connectivity index (χ3v) is 3.33. The van der Waals surface area contributed by atoms with E-state index in [1.807, 2.05) is 0 Å². The van der Waals surface area contributed by atoms with Gasteiger partial charge in [0, 0.05) is 13.1 Å². The van der Waals surface area contributed by atoms with Gasteiger partial charge >= 0.3 is 0 Å². The maximum atomic E-state index is 13.4. The standard InChI is InChI=1S/C11H12ClFN2O/c1-11(2)10(16)14-8-4-6(12)7(13)5-9(8)15(11)3/h4-5H,1-3H3,(H,14,16). The number of anilines is 2. The molecule has 0 aromatic heterocycles. The topological polar surface area (TPSA) is 32.3 Å². The second-order valence-corrected chi connectivity index (χ2v) is 4.76. The second-order valence-electron chi connectivity index (χ2n) is 4.36. The first-order valence-electron chi connectivity index (χ1n) is 4.88. The predicted molar refractivity (Wildman–Crippen MR) is 62.5 cm³/mol. The van der Waals surface area contributed by atoms with Crippen LogP contribution in [0.25, 0.3) is 0 Å². The molecule has 0 unspecified atom stereocenters. The summed E-state index contributed by atoms with van der Waals surface area (Å²) in [5.74, 6) is -0.621. The number of halogens is 2. The van der Waals surface area contributed by atoms with Crippen molar-refractivity contribution in [3.8, 4) is 0 Å². The number of rotatable bonds is 0. The van der Waals surface area contributed by atoms with Gasteiger partial charge in [-0.05, 0) is 19.9 Å². The highest BCUT2D eigenvalue weighted by atomic mass is 35.5. The number of amides is 1. The Balaban J connectivity index is 2.60. The van der Waals surface area contributed by atoms with E-state index < -0.39 is 11.4 Å². The summed E-state index contributed by atoms with van der Waals surface area (Å²) < 4.78 is 13.4. The van der Waals surface area contributed by atoms with Gasteiger partial charge < -0.3 is 10.2 Å². The molecule has 0 saturated heterocycles. The summed E-state index contributed by atoms with van der Waals surface area (Å²) in [6.07, 6.45) is 0. The maximum Gasteiger partial charge on any atom is 0.249 e. The van der Waals surface area contributed by atoms with Crippen molar-refractivity contribution in [3.05, 3.63) is 23.0 Å². The van der Waals surface area contributed by atoms with Gasteiger partial charge in [0.1, 0.15) is 11.4 Å². The monoisotopic (exact) mass is 242 g/mol. The van der Waals surface area contributed by atoms with Crippen LogP contribution in [-0.4, -0.2) is 18.5 Å². The van der Waals surface area contributed by atoms with Crippen molar-refractivity contribution in [1.82, 2.24) is 0 Å². The fraction of sp³-hybridized carbons (Fsp3) is 0.364. The van der Waals surface area contributed by atoms with E-state index in [9.17, 15) is 9.18 Å². The van der Waals surface area contributed by atoms with Crippen LogP contribution in [0.15, 0.2) is 12.1 Å². The van der Waals surface area contributed by atoms with Crippen LogP contribution in [0.2, 0.25) is 5.02 Å². The lowest BCUT2D eigenvalue weighted by molar-refractivity contribution is -0.120. The molecule has 5 heteroatoms. The van der Waals surface area contributed by atoms with E-state index in [0.29, 0.717) is 11.4 Å². The summed E-state index contributed by atoms with van der Waals surface area (Å²) in [6, 6.07) is 2.76. The third kappa shape index (κ3) is 1.45. The van der Waals surface area contributed by atoms with Crippen LogP contribution in [-0.2, 0) is 4.79 Å². The zero-order valence-electron chi connectivity index (χ0n) is 9.27. The highest BCUT2D eigenvalue weighted by Gasteiger charge is 2.38. The molecule has 1 heterocycles. The van der Waals surface area contributed by atoms with Gasteiger partial charge in [-0.3, -0.25) is 4.79 Å². The Morgan fingerprint density at radius 3 is 2.69 bits per heavy atom. The summed E-state index contributed by atoms with van der Waals surface area (Å²) in [5.41, 5.74) is 0.470. The molecule has 1 N–H and O–H groups in total. The number of carbonyl (C=O) groups excluding carboxylic acids is 1. The van der Waals surface area contributed by atoms with Gasteiger partial charge in [-0.2, -0.15) is 0 Å². The number of nitrogens with zero attached hydrogens (tertiary/aromatic N) is 1. The van der Waals surface area contributed by atoms with E-state index in [1.54, 1.807) is 25.8 Å². The first kappa shape index (κ1) is 11.2. The lowest BCUT2D eigenvalue weighted by Crippen LogP contribution is -2.54. The van der Waals surface area contributed by atoms with Gasteiger partial charge in [0.25, 0.3) is 0 Å². The minimum absolute atomic E-state index is 0.00663. The Morgan fingerprint density at radius 2 is 2.06 bits per heavy atom. The quantitative estimate of drug-likeness (QED) is 0.759. The minimum Gasteiger partial charge on any atom is -0.359 e. The lowest BCUT2D eigenvalue weighted by Gasteiger charge is -2.41. The number of carbonyl (C=O) groups is 1. The van der Waals surface area contributed by atoms with Crippen LogP contribution in [0.1, 0.15) is 13.8 Å². The number of hydrogen-bond acceptors (Lipinski definition) is 2. The van der Waals surface area contributed by atoms with Gasteiger partial charge in [-0.15, -0.1) is 0 Å². The molecule has 0 fully saturated rings. The molecule has 1 amide bonds. The molecule has 0 saturated carbocycles. The molecule has 2 rings (SSSR count). The van der Waals surface area contributed by atoms with Crippen LogP contribution in [0.5, 0.6) is 0 Å². The zero-order chi connectivity index (χ0) is 12.1. The van der Waals surface area contributed by atoms with E-state index in [4.69, 9.17) is 11.6 Å². The summed E-state index contributed by atoms with van der Waals surface area (Å²) >= 11 is 5.67. The number of fused-ring (bicyclic) bond motifs is 1. The molecular weight excluding hydrogens is 231 g/mol. The summed E-state index contributed by atoms with van der Waals surface area (Å²) in [4.78, 5) is 13.5. The van der Waals surface area contributed by atoms with Crippen LogP contribution in [0, 0.1) is 5.82 Å². The first-order chi connectivity index (χ1) is 7.34. The molecule has 0 atom stereocenters. The molecule has 1 aromatic rings. The van der Waals surface area contributed by atoms with Crippen molar-refractivity contribution in [2.24, 2.45) is 0 Å². The van der Waals surface area contributed by atoms with Crippen molar-refractivity contribution in [3.63, 3.8) is 0 Å². The van der Waals surface area contributed by atoms with Crippen molar-refractivity contribution in [2.45, 2.75) is 19.4 Å². The Kier molecular flexibility index (Phi) is 2.35.